The lowest BCUT2D eigenvalue weighted by Gasteiger charge is -2.34. The van der Waals surface area contributed by atoms with E-state index in [1.54, 1.807) is 4.90 Å². The van der Waals surface area contributed by atoms with E-state index < -0.39 is 0 Å². The Bertz CT molecular complexity index is 851. The largest absolute Gasteiger partial charge is 0.339 e. The second-order valence-corrected chi connectivity index (χ2v) is 8.66. The number of nitrogens with zero attached hydrogens (tertiary/aromatic N) is 2. The number of unbranched alkanes of at least 4 members (excludes halogenated alkanes) is 1. The van der Waals surface area contributed by atoms with Gasteiger partial charge in [0.2, 0.25) is 11.8 Å². The lowest BCUT2D eigenvalue weighted by molar-refractivity contribution is -0.137. The van der Waals surface area contributed by atoms with Crippen molar-refractivity contribution in [3.8, 4) is 0 Å². The first-order chi connectivity index (χ1) is 17.5. The van der Waals surface area contributed by atoms with Crippen LogP contribution in [0.25, 0.3) is 0 Å². The van der Waals surface area contributed by atoms with Crippen molar-refractivity contribution in [3.05, 3.63) is 85.1 Å². The first-order valence-corrected chi connectivity index (χ1v) is 13.2. The smallest absolute Gasteiger partial charge is 0.246 e. The summed E-state index contributed by atoms with van der Waals surface area (Å²) in [6, 6.07) is 0. The Morgan fingerprint density at radius 3 is 1.67 bits per heavy atom. The average molecular weight is 493 g/mol. The Morgan fingerprint density at radius 2 is 1.11 bits per heavy atom. The second-order valence-electron chi connectivity index (χ2n) is 8.66. The molecule has 0 atom stereocenters. The first kappa shape index (κ1) is 30.8. The molecule has 1 rings (SSSR count). The van der Waals surface area contributed by atoms with Crippen LogP contribution < -0.4 is 0 Å². The highest BCUT2D eigenvalue weighted by Crippen LogP contribution is 2.07. The zero-order valence-electron chi connectivity index (χ0n) is 22.2. The molecule has 36 heavy (non-hydrogen) atoms. The molecule has 0 spiro atoms. The first-order valence-electron chi connectivity index (χ1n) is 13.2. The van der Waals surface area contributed by atoms with Crippen molar-refractivity contribution < 1.29 is 14.4 Å². The molecule has 0 unspecified atom stereocenters. The lowest BCUT2D eigenvalue weighted by atomic mass is 10.2. The SMILES string of the molecule is CCC/C=C\C=C/C/C=C\C/C=C\C/C=C\C/C=C\CCC(=O)N1CCN(C(=O)/C=C/C(C)=O)CC1. The van der Waals surface area contributed by atoms with E-state index >= 15 is 0 Å². The zero-order valence-corrected chi connectivity index (χ0v) is 22.2. The molecule has 5 nitrogen and oxygen atoms in total. The van der Waals surface area contributed by atoms with Gasteiger partial charge in [-0.3, -0.25) is 14.4 Å². The van der Waals surface area contributed by atoms with Crippen molar-refractivity contribution in [1.82, 2.24) is 9.80 Å². The van der Waals surface area contributed by atoms with Crippen LogP contribution in [-0.2, 0) is 14.4 Å². The summed E-state index contributed by atoms with van der Waals surface area (Å²) in [7, 11) is 0. The van der Waals surface area contributed by atoms with Crippen molar-refractivity contribution in [3.63, 3.8) is 0 Å². The van der Waals surface area contributed by atoms with Gasteiger partial charge >= 0.3 is 0 Å². The normalized spacial score (nSPS) is 15.4. The van der Waals surface area contributed by atoms with Crippen LogP contribution in [0.1, 0.15) is 65.2 Å². The fraction of sp³-hybridized carbons (Fsp3) is 0.452. The number of hydrogen-bond donors (Lipinski definition) is 0. The van der Waals surface area contributed by atoms with Gasteiger partial charge in [0.25, 0.3) is 0 Å². The van der Waals surface area contributed by atoms with Crippen molar-refractivity contribution in [2.75, 3.05) is 26.2 Å². The molecule has 0 aromatic heterocycles. The number of allylic oxidation sites excluding steroid dienone is 13. The van der Waals surface area contributed by atoms with Crippen molar-refractivity contribution in [1.29, 1.82) is 0 Å². The standard InChI is InChI=1S/C31H44N2O3/c1-3-4-5-6-7-8-9-10-11-12-13-14-15-16-17-18-19-20-21-22-30(35)32-25-27-33(28-26-32)31(36)24-23-29(2)34/h5-8,10-11,13-14,16-17,19-20,23-24H,3-4,9,12,15,18,21-22,25-28H2,1-2H3/b6-5-,8-7-,11-10-,14-13-,17-16-,20-19-,24-23+. The van der Waals surface area contributed by atoms with Crippen LogP contribution in [0.3, 0.4) is 0 Å². The third-order valence-corrected chi connectivity index (χ3v) is 5.52. The molecule has 196 valence electrons. The molecule has 1 aliphatic rings. The summed E-state index contributed by atoms with van der Waals surface area (Å²) < 4.78 is 0. The molecule has 1 fully saturated rings. The Balaban J connectivity index is 2.07. The minimum atomic E-state index is -0.171. The fourth-order valence-corrected chi connectivity index (χ4v) is 3.44. The van der Waals surface area contributed by atoms with E-state index in [9.17, 15) is 14.4 Å². The Kier molecular flexibility index (Phi) is 18.1. The van der Waals surface area contributed by atoms with Crippen LogP contribution in [0.2, 0.25) is 0 Å². The van der Waals surface area contributed by atoms with Crippen LogP contribution in [0.5, 0.6) is 0 Å². The summed E-state index contributed by atoms with van der Waals surface area (Å²) in [4.78, 5) is 38.8. The third kappa shape index (κ3) is 16.4. The van der Waals surface area contributed by atoms with Crippen LogP contribution in [-0.4, -0.2) is 53.6 Å². The van der Waals surface area contributed by atoms with E-state index in [0.29, 0.717) is 32.6 Å². The molecule has 0 N–H and O–H groups in total. The topological polar surface area (TPSA) is 57.7 Å². The van der Waals surface area contributed by atoms with Gasteiger partial charge in [0, 0.05) is 38.7 Å². The van der Waals surface area contributed by atoms with Gasteiger partial charge in [-0.2, -0.15) is 0 Å². The molecule has 1 aliphatic heterocycles. The minimum Gasteiger partial charge on any atom is -0.339 e. The van der Waals surface area contributed by atoms with E-state index in [-0.39, 0.29) is 17.6 Å². The van der Waals surface area contributed by atoms with E-state index in [1.807, 2.05) is 4.90 Å². The van der Waals surface area contributed by atoms with Gasteiger partial charge in [-0.25, -0.2) is 0 Å². The lowest BCUT2D eigenvalue weighted by Crippen LogP contribution is -2.50. The molecule has 0 aromatic carbocycles. The van der Waals surface area contributed by atoms with Crippen LogP contribution in [0.4, 0.5) is 0 Å². The minimum absolute atomic E-state index is 0.126. The van der Waals surface area contributed by atoms with Gasteiger partial charge in [-0.1, -0.05) is 86.3 Å². The van der Waals surface area contributed by atoms with Gasteiger partial charge in [0.15, 0.2) is 5.78 Å². The molecule has 0 radical (unpaired) electrons. The van der Waals surface area contributed by atoms with Crippen molar-refractivity contribution in [2.24, 2.45) is 0 Å². The summed E-state index contributed by atoms with van der Waals surface area (Å²) in [5.41, 5.74) is 0. The number of hydrogen-bond acceptors (Lipinski definition) is 3. The highest BCUT2D eigenvalue weighted by molar-refractivity contribution is 5.96. The molecule has 5 heteroatoms. The molecule has 1 heterocycles. The Labute approximate surface area is 218 Å². The number of carbonyl (C=O) groups excluding carboxylic acids is 3. The number of rotatable bonds is 16. The maximum atomic E-state index is 12.4. The summed E-state index contributed by atoms with van der Waals surface area (Å²) >= 11 is 0. The van der Waals surface area contributed by atoms with Gasteiger partial charge in [-0.05, 0) is 51.5 Å². The molecule has 0 bridgehead atoms. The van der Waals surface area contributed by atoms with E-state index in [0.717, 1.165) is 38.5 Å². The van der Waals surface area contributed by atoms with Crippen molar-refractivity contribution >= 4 is 17.6 Å². The average Bonchev–Trinajstić information content (AvgIpc) is 2.88. The highest BCUT2D eigenvalue weighted by atomic mass is 16.2. The number of ketones is 1. The predicted molar refractivity (Wildman–Crippen MR) is 150 cm³/mol. The summed E-state index contributed by atoms with van der Waals surface area (Å²) in [5.74, 6) is -0.192. The Hall–Kier alpha value is -3.21. The maximum Gasteiger partial charge on any atom is 0.246 e. The number of amides is 2. The van der Waals surface area contributed by atoms with Crippen LogP contribution >= 0.6 is 0 Å². The quantitative estimate of drug-likeness (QED) is 0.145. The predicted octanol–water partition coefficient (Wildman–Crippen LogP) is 6.28. The summed E-state index contributed by atoms with van der Waals surface area (Å²) in [6.45, 7) is 5.70. The zero-order chi connectivity index (χ0) is 26.3. The Morgan fingerprint density at radius 1 is 0.611 bits per heavy atom. The van der Waals surface area contributed by atoms with E-state index in [1.165, 1.54) is 25.5 Å². The molecule has 1 saturated heterocycles. The fourth-order valence-electron chi connectivity index (χ4n) is 3.44. The van der Waals surface area contributed by atoms with Crippen LogP contribution in [0, 0.1) is 0 Å². The third-order valence-electron chi connectivity index (χ3n) is 5.52. The molecule has 0 aromatic rings. The maximum absolute atomic E-state index is 12.4. The highest BCUT2D eigenvalue weighted by Gasteiger charge is 2.22. The van der Waals surface area contributed by atoms with E-state index in [4.69, 9.17) is 0 Å². The van der Waals surface area contributed by atoms with Gasteiger partial charge in [0.1, 0.15) is 0 Å². The monoisotopic (exact) mass is 492 g/mol. The molecular weight excluding hydrogens is 448 g/mol. The van der Waals surface area contributed by atoms with E-state index in [2.05, 4.69) is 79.8 Å². The number of carbonyl (C=O) groups is 3. The molecule has 0 aliphatic carbocycles. The summed E-state index contributed by atoms with van der Waals surface area (Å²) in [6.07, 6.45) is 35.7. The van der Waals surface area contributed by atoms with Gasteiger partial charge in [0.05, 0.1) is 0 Å². The second kappa shape index (κ2) is 21.1. The van der Waals surface area contributed by atoms with Crippen LogP contribution in [0.15, 0.2) is 85.1 Å². The molecule has 2 amide bonds. The summed E-state index contributed by atoms with van der Waals surface area (Å²) in [5, 5.41) is 0. The van der Waals surface area contributed by atoms with Gasteiger partial charge < -0.3 is 9.80 Å². The van der Waals surface area contributed by atoms with Gasteiger partial charge in [-0.15, -0.1) is 0 Å². The number of piperazine rings is 1. The molecular formula is C31H44N2O3. The van der Waals surface area contributed by atoms with Crippen molar-refractivity contribution in [2.45, 2.75) is 65.2 Å². The molecule has 0 saturated carbocycles.